The van der Waals surface area contributed by atoms with Gasteiger partial charge in [-0.25, -0.2) is 23.5 Å². The maximum absolute atomic E-state index is 13.6. The van der Waals surface area contributed by atoms with Crippen LogP contribution in [0.3, 0.4) is 0 Å². The summed E-state index contributed by atoms with van der Waals surface area (Å²) in [6.07, 6.45) is 5.17. The van der Waals surface area contributed by atoms with Crippen LogP contribution in [0.4, 0.5) is 17.3 Å². The quantitative estimate of drug-likeness (QED) is 0.452. The molecule has 1 amide bonds. The normalized spacial score (nSPS) is 16.8. The number of nitrogens with two attached hydrogens (primary N) is 1. The molecule has 0 radical (unpaired) electrons. The van der Waals surface area contributed by atoms with Gasteiger partial charge in [-0.3, -0.25) is 4.79 Å². The molecule has 40 heavy (non-hydrogen) atoms. The van der Waals surface area contributed by atoms with Crippen molar-refractivity contribution in [2.75, 3.05) is 54.4 Å². The number of amides is 1. The Balaban J connectivity index is 1.24. The Hall–Kier alpha value is -3.41. The van der Waals surface area contributed by atoms with E-state index in [0.717, 1.165) is 48.6 Å². The highest BCUT2D eigenvalue weighted by molar-refractivity contribution is 7.89. The molecule has 0 bridgehead atoms. The van der Waals surface area contributed by atoms with E-state index in [1.54, 1.807) is 18.5 Å². The van der Waals surface area contributed by atoms with E-state index in [9.17, 15) is 13.2 Å². The largest absolute Gasteiger partial charge is 0.382 e. The predicted molar refractivity (Wildman–Crippen MR) is 158 cm³/mol. The first-order valence-corrected chi connectivity index (χ1v) is 15.3. The van der Waals surface area contributed by atoms with Crippen LogP contribution in [0.25, 0.3) is 0 Å². The second-order valence-corrected chi connectivity index (χ2v) is 12.3. The number of pyridine rings is 2. The summed E-state index contributed by atoms with van der Waals surface area (Å²) in [4.78, 5) is 28.2. The van der Waals surface area contributed by atoms with Gasteiger partial charge in [-0.1, -0.05) is 17.7 Å². The fourth-order valence-electron chi connectivity index (χ4n) is 5.44. The second kappa shape index (κ2) is 11.6. The van der Waals surface area contributed by atoms with Crippen LogP contribution < -0.4 is 20.3 Å². The van der Waals surface area contributed by atoms with Gasteiger partial charge in [0.05, 0.1) is 5.02 Å². The molecule has 2 aromatic heterocycles. The molecule has 1 aromatic carbocycles. The van der Waals surface area contributed by atoms with Crippen molar-refractivity contribution in [1.29, 1.82) is 0 Å². The van der Waals surface area contributed by atoms with Crippen LogP contribution >= 0.6 is 11.6 Å². The number of hydrogen-bond donors (Lipinski definition) is 2. The zero-order valence-electron chi connectivity index (χ0n) is 22.7. The minimum absolute atomic E-state index is 0.00571. The fraction of sp³-hybridized carbons (Fsp3) is 0.393. The Labute approximate surface area is 240 Å². The topological polar surface area (TPSA) is 125 Å². The summed E-state index contributed by atoms with van der Waals surface area (Å²) >= 11 is 6.34. The van der Waals surface area contributed by atoms with Gasteiger partial charge in [-0.05, 0) is 68.1 Å². The summed E-state index contributed by atoms with van der Waals surface area (Å²) in [6, 6.07) is 11.0. The Morgan fingerprint density at radius 3 is 2.20 bits per heavy atom. The summed E-state index contributed by atoms with van der Waals surface area (Å²) in [5.74, 6) is 1.12. The molecule has 0 atom stereocenters. The minimum atomic E-state index is -3.91. The van der Waals surface area contributed by atoms with Crippen molar-refractivity contribution in [1.82, 2.24) is 14.9 Å². The number of hydrogen-bond acceptors (Lipinski definition) is 8. The summed E-state index contributed by atoms with van der Waals surface area (Å²) < 4.78 is 24.0. The first-order chi connectivity index (χ1) is 19.1. The fourth-order valence-corrected chi connectivity index (χ4v) is 6.38. The lowest BCUT2D eigenvalue weighted by Crippen LogP contribution is -2.49. The van der Waals surface area contributed by atoms with Crippen LogP contribution in [0.15, 0.2) is 53.7 Å². The smallest absolute Gasteiger partial charge is 0.254 e. The van der Waals surface area contributed by atoms with E-state index in [0.29, 0.717) is 42.6 Å². The molecule has 2 fully saturated rings. The monoisotopic (exact) mass is 583 g/mol. The molecular weight excluding hydrogens is 550 g/mol. The van der Waals surface area contributed by atoms with Crippen LogP contribution in [-0.4, -0.2) is 74.5 Å². The van der Waals surface area contributed by atoms with Crippen LogP contribution in [0.5, 0.6) is 0 Å². The van der Waals surface area contributed by atoms with Crippen molar-refractivity contribution in [3.63, 3.8) is 0 Å². The molecule has 2 aliphatic heterocycles. The van der Waals surface area contributed by atoms with Gasteiger partial charge in [0.2, 0.25) is 10.0 Å². The number of aromatic nitrogens is 2. The highest BCUT2D eigenvalue weighted by Crippen LogP contribution is 2.29. The molecule has 0 spiro atoms. The lowest BCUT2D eigenvalue weighted by molar-refractivity contribution is 0.0745. The molecular formula is C28H34ClN7O3S. The van der Waals surface area contributed by atoms with Crippen molar-refractivity contribution >= 4 is 44.9 Å². The van der Waals surface area contributed by atoms with Crippen molar-refractivity contribution in [3.05, 3.63) is 70.5 Å². The molecule has 12 heteroatoms. The second-order valence-electron chi connectivity index (χ2n) is 10.3. The number of carbonyl (C=O) groups excluding carboxylic acids is 1. The average molecular weight is 584 g/mol. The van der Waals surface area contributed by atoms with E-state index in [-0.39, 0.29) is 16.8 Å². The van der Waals surface area contributed by atoms with Gasteiger partial charge < -0.3 is 20.0 Å². The molecule has 3 N–H and O–H groups in total. The van der Waals surface area contributed by atoms with Crippen molar-refractivity contribution < 1.29 is 13.2 Å². The molecule has 10 nitrogen and oxygen atoms in total. The molecule has 0 aliphatic carbocycles. The summed E-state index contributed by atoms with van der Waals surface area (Å²) in [7, 11) is -3.91. The van der Waals surface area contributed by atoms with Gasteiger partial charge >= 0.3 is 0 Å². The van der Waals surface area contributed by atoms with Crippen molar-refractivity contribution in [2.24, 2.45) is 5.14 Å². The maximum atomic E-state index is 13.6. The van der Waals surface area contributed by atoms with Gasteiger partial charge in [0.25, 0.3) is 5.91 Å². The highest BCUT2D eigenvalue weighted by atomic mass is 35.5. The molecule has 0 saturated carbocycles. The van der Waals surface area contributed by atoms with E-state index in [1.807, 2.05) is 34.9 Å². The third-order valence-corrected chi connectivity index (χ3v) is 8.85. The maximum Gasteiger partial charge on any atom is 0.254 e. The number of piperazine rings is 1. The van der Waals surface area contributed by atoms with E-state index in [2.05, 4.69) is 33.2 Å². The van der Waals surface area contributed by atoms with E-state index < -0.39 is 10.0 Å². The van der Waals surface area contributed by atoms with Gasteiger partial charge in [-0.2, -0.15) is 0 Å². The summed E-state index contributed by atoms with van der Waals surface area (Å²) in [5, 5.41) is 9.73. The van der Waals surface area contributed by atoms with Gasteiger partial charge in [0, 0.05) is 69.0 Å². The zero-order chi connectivity index (χ0) is 28.4. The van der Waals surface area contributed by atoms with Crippen LogP contribution in [0.1, 0.15) is 34.3 Å². The third-order valence-electron chi connectivity index (χ3n) is 7.62. The average Bonchev–Trinajstić information content (AvgIpc) is 2.94. The van der Waals surface area contributed by atoms with Gasteiger partial charge in [-0.15, -0.1) is 0 Å². The highest BCUT2D eigenvalue weighted by Gasteiger charge is 2.28. The van der Waals surface area contributed by atoms with Crippen molar-refractivity contribution in [3.8, 4) is 0 Å². The van der Waals surface area contributed by atoms with Crippen LogP contribution in [0.2, 0.25) is 5.02 Å². The number of nitrogens with one attached hydrogen (secondary N) is 1. The van der Waals surface area contributed by atoms with Gasteiger partial charge in [0.1, 0.15) is 16.5 Å². The number of aryl methyl sites for hydroxylation is 2. The predicted octanol–water partition coefficient (Wildman–Crippen LogP) is 3.44. The summed E-state index contributed by atoms with van der Waals surface area (Å²) in [5.41, 5.74) is 3.66. The SMILES string of the molecule is Cc1cc(C)c(C(=O)N2CCN(c3ncccc3S(N)(=O)=O)CC2)cc1NC1CCN(c2ncccc2Cl)CC1. The number of benzene rings is 1. The molecule has 2 saturated heterocycles. The van der Waals surface area contributed by atoms with Crippen LogP contribution in [0, 0.1) is 13.8 Å². The van der Waals surface area contributed by atoms with E-state index in [4.69, 9.17) is 16.7 Å². The number of rotatable bonds is 6. The third kappa shape index (κ3) is 6.01. The van der Waals surface area contributed by atoms with E-state index >= 15 is 0 Å². The first kappa shape index (κ1) is 28.1. The Morgan fingerprint density at radius 1 is 0.925 bits per heavy atom. The summed E-state index contributed by atoms with van der Waals surface area (Å²) in [6.45, 7) is 7.52. The van der Waals surface area contributed by atoms with Gasteiger partial charge in [0.15, 0.2) is 0 Å². The van der Waals surface area contributed by atoms with Crippen LogP contribution in [-0.2, 0) is 10.0 Å². The van der Waals surface area contributed by atoms with E-state index in [1.165, 1.54) is 6.07 Å². The lowest BCUT2D eigenvalue weighted by atomic mass is 9.99. The number of carbonyl (C=O) groups is 1. The molecule has 5 rings (SSSR count). The standard InChI is InChI=1S/C28H34ClN7O3S/c1-19-17-20(2)24(33-21-7-11-34(12-8-21)26-23(29)5-3-9-31-26)18-22(19)28(37)36-15-13-35(14-16-36)27-25(40(30,38)39)6-4-10-32-27/h3-6,9-10,17-18,21,33H,7-8,11-16H2,1-2H3,(H2,30,38,39). The number of halogens is 1. The molecule has 3 aromatic rings. The minimum Gasteiger partial charge on any atom is -0.382 e. The Kier molecular flexibility index (Phi) is 8.16. The molecule has 4 heterocycles. The molecule has 2 aliphatic rings. The Bertz CT molecular complexity index is 1500. The lowest BCUT2D eigenvalue weighted by Gasteiger charge is -2.36. The number of primary sulfonamides is 1. The number of sulfonamides is 1. The number of anilines is 3. The molecule has 0 unspecified atom stereocenters. The number of nitrogens with zero attached hydrogens (tertiary/aromatic N) is 5. The first-order valence-electron chi connectivity index (χ1n) is 13.4. The molecule has 212 valence electrons. The van der Waals surface area contributed by atoms with Crippen molar-refractivity contribution in [2.45, 2.75) is 37.6 Å². The zero-order valence-corrected chi connectivity index (χ0v) is 24.2. The Morgan fingerprint density at radius 2 is 1.55 bits per heavy atom. The number of piperidine rings is 1.